The van der Waals surface area contributed by atoms with Crippen LogP contribution in [0.5, 0.6) is 5.75 Å². The van der Waals surface area contributed by atoms with E-state index in [1.807, 2.05) is 73.6 Å². The Balaban J connectivity index is 1.30. The Kier molecular flexibility index (Phi) is 7.38. The number of carbonyl (C=O) groups excluding carboxylic acids is 1. The van der Waals surface area contributed by atoms with Crippen molar-refractivity contribution in [1.29, 1.82) is 0 Å². The Morgan fingerprint density at radius 2 is 1.65 bits per heavy atom. The third-order valence-corrected chi connectivity index (χ3v) is 6.64. The minimum atomic E-state index is -0.778. The molecule has 1 heterocycles. The smallest absolute Gasteiger partial charge is 0.219 e. The van der Waals surface area contributed by atoms with Crippen LogP contribution in [0.1, 0.15) is 13.3 Å². The van der Waals surface area contributed by atoms with Crippen molar-refractivity contribution in [2.24, 2.45) is 0 Å². The molecular formula is C28H33N3O3. The fourth-order valence-corrected chi connectivity index (χ4v) is 4.28. The van der Waals surface area contributed by atoms with Gasteiger partial charge in [0.1, 0.15) is 12.4 Å². The van der Waals surface area contributed by atoms with Gasteiger partial charge in [-0.3, -0.25) is 4.79 Å². The zero-order chi connectivity index (χ0) is 24.1. The van der Waals surface area contributed by atoms with Gasteiger partial charge >= 0.3 is 0 Å². The molecule has 4 rings (SSSR count). The summed E-state index contributed by atoms with van der Waals surface area (Å²) >= 11 is 0. The van der Waals surface area contributed by atoms with E-state index < -0.39 is 6.23 Å². The minimum absolute atomic E-state index is 0.104. The topological polar surface area (TPSA) is 56.3 Å². The number of benzene rings is 3. The lowest BCUT2D eigenvalue weighted by Gasteiger charge is -2.27. The second-order valence-electron chi connectivity index (χ2n) is 8.83. The van der Waals surface area contributed by atoms with Gasteiger partial charge in [0.15, 0.2) is 6.23 Å². The number of nitrogens with zero attached hydrogens (tertiary/aromatic N) is 3. The summed E-state index contributed by atoms with van der Waals surface area (Å²) in [5.74, 6) is 0.828. The number of carbonyl (C=O) groups is 1. The van der Waals surface area contributed by atoms with Gasteiger partial charge in [0.05, 0.1) is 6.04 Å². The molecule has 0 saturated carbocycles. The second-order valence-corrected chi connectivity index (χ2v) is 8.83. The summed E-state index contributed by atoms with van der Waals surface area (Å²) in [7, 11) is 3.73. The first kappa shape index (κ1) is 23.6. The van der Waals surface area contributed by atoms with Gasteiger partial charge in [-0.15, -0.1) is 0 Å². The van der Waals surface area contributed by atoms with Gasteiger partial charge in [0.2, 0.25) is 5.91 Å². The van der Waals surface area contributed by atoms with Gasteiger partial charge in [-0.25, -0.2) is 0 Å². The summed E-state index contributed by atoms with van der Waals surface area (Å²) in [5, 5.41) is 10.6. The highest BCUT2D eigenvalue weighted by Gasteiger charge is 2.27. The van der Waals surface area contributed by atoms with E-state index in [0.29, 0.717) is 0 Å². The highest BCUT2D eigenvalue weighted by atomic mass is 16.5. The molecule has 6 nitrogen and oxygen atoms in total. The maximum absolute atomic E-state index is 11.6. The molecular weight excluding hydrogens is 426 g/mol. The van der Waals surface area contributed by atoms with Gasteiger partial charge < -0.3 is 24.5 Å². The molecule has 1 fully saturated rings. The average Bonchev–Trinajstić information content (AvgIpc) is 3.37. The maximum Gasteiger partial charge on any atom is 0.219 e. The van der Waals surface area contributed by atoms with E-state index >= 15 is 0 Å². The lowest BCUT2D eigenvalue weighted by molar-refractivity contribution is -0.129. The monoisotopic (exact) mass is 459 g/mol. The van der Waals surface area contributed by atoms with Gasteiger partial charge in [-0.05, 0) is 53.9 Å². The number of aliphatic hydroxyl groups excluding tert-OH is 1. The summed E-state index contributed by atoms with van der Waals surface area (Å²) in [6.07, 6.45) is 0.195. The Morgan fingerprint density at radius 3 is 2.29 bits per heavy atom. The van der Waals surface area contributed by atoms with Crippen molar-refractivity contribution in [3.05, 3.63) is 78.9 Å². The third-order valence-electron chi connectivity index (χ3n) is 6.64. The molecule has 1 saturated heterocycles. The van der Waals surface area contributed by atoms with Crippen LogP contribution in [0.15, 0.2) is 78.9 Å². The second kappa shape index (κ2) is 10.6. The maximum atomic E-state index is 11.6. The van der Waals surface area contributed by atoms with E-state index in [4.69, 9.17) is 4.74 Å². The van der Waals surface area contributed by atoms with Crippen molar-refractivity contribution in [2.45, 2.75) is 25.6 Å². The van der Waals surface area contributed by atoms with Gasteiger partial charge in [-0.2, -0.15) is 0 Å². The molecule has 0 radical (unpaired) electrons. The van der Waals surface area contributed by atoms with Crippen molar-refractivity contribution >= 4 is 17.3 Å². The van der Waals surface area contributed by atoms with Crippen LogP contribution < -0.4 is 14.5 Å². The van der Waals surface area contributed by atoms with Crippen molar-refractivity contribution < 1.29 is 14.6 Å². The van der Waals surface area contributed by atoms with Crippen molar-refractivity contribution in [1.82, 2.24) is 4.90 Å². The molecule has 0 aliphatic carbocycles. The number of likely N-dealkylation sites (N-methyl/N-ethyl adjacent to an activating group) is 2. The van der Waals surface area contributed by atoms with E-state index in [2.05, 4.69) is 29.2 Å². The summed E-state index contributed by atoms with van der Waals surface area (Å²) in [6.45, 7) is 3.54. The van der Waals surface area contributed by atoms with Gasteiger partial charge in [0.25, 0.3) is 0 Å². The lowest BCUT2D eigenvalue weighted by Crippen LogP contribution is -2.37. The normalized spacial score (nSPS) is 16.2. The van der Waals surface area contributed by atoms with Crippen LogP contribution in [-0.4, -0.2) is 62.0 Å². The summed E-state index contributed by atoms with van der Waals surface area (Å²) in [5.41, 5.74) is 4.33. The predicted octanol–water partition coefficient (Wildman–Crippen LogP) is 4.24. The van der Waals surface area contributed by atoms with Crippen LogP contribution in [0.2, 0.25) is 0 Å². The summed E-state index contributed by atoms with van der Waals surface area (Å²) in [4.78, 5) is 17.6. The van der Waals surface area contributed by atoms with E-state index in [0.717, 1.165) is 47.8 Å². The number of amides is 1. The van der Waals surface area contributed by atoms with Crippen LogP contribution in [-0.2, 0) is 4.79 Å². The first-order chi connectivity index (χ1) is 16.4. The molecule has 1 aliphatic rings. The largest absolute Gasteiger partial charge is 0.489 e. The molecule has 1 aliphatic heterocycles. The highest BCUT2D eigenvalue weighted by molar-refractivity contribution is 5.73. The number of hydrogen-bond donors (Lipinski definition) is 1. The van der Waals surface area contributed by atoms with E-state index in [1.54, 1.807) is 11.8 Å². The Hall–Kier alpha value is -3.51. The van der Waals surface area contributed by atoms with Gasteiger partial charge in [0, 0.05) is 45.5 Å². The number of rotatable bonds is 8. The van der Waals surface area contributed by atoms with Crippen LogP contribution in [0.25, 0.3) is 11.1 Å². The average molecular weight is 460 g/mol. The molecule has 2 unspecified atom stereocenters. The van der Waals surface area contributed by atoms with Crippen LogP contribution in [0.4, 0.5) is 11.4 Å². The Bertz CT molecular complexity index is 1070. The first-order valence-corrected chi connectivity index (χ1v) is 11.7. The highest BCUT2D eigenvalue weighted by Crippen LogP contribution is 2.26. The quantitative estimate of drug-likeness (QED) is 0.511. The molecule has 178 valence electrons. The van der Waals surface area contributed by atoms with Crippen LogP contribution in [0, 0.1) is 0 Å². The summed E-state index contributed by atoms with van der Waals surface area (Å²) in [6, 6.07) is 26.5. The predicted molar refractivity (Wildman–Crippen MR) is 137 cm³/mol. The number of ether oxygens (including phenoxy) is 1. The van der Waals surface area contributed by atoms with E-state index in [9.17, 15) is 9.90 Å². The standard InChI is InChI=1S/C28H33N3O3/c1-21(32)29(2)26-17-18-31(19-26)25-13-11-24(12-14-25)30(3)28(33)20-34-27-15-9-23(10-16-27)22-7-5-4-6-8-22/h4-16,26,28,33H,17-20H2,1-3H3. The molecule has 6 heteroatoms. The molecule has 2 atom stereocenters. The molecule has 0 aromatic heterocycles. The summed E-state index contributed by atoms with van der Waals surface area (Å²) < 4.78 is 5.83. The Labute approximate surface area is 202 Å². The molecule has 34 heavy (non-hydrogen) atoms. The molecule has 3 aromatic carbocycles. The van der Waals surface area contributed by atoms with E-state index in [1.165, 1.54) is 0 Å². The fourth-order valence-electron chi connectivity index (χ4n) is 4.28. The molecule has 0 spiro atoms. The SMILES string of the molecule is CC(=O)N(C)C1CCN(c2ccc(N(C)C(O)COc3ccc(-c4ccccc4)cc3)cc2)C1. The number of hydrogen-bond acceptors (Lipinski definition) is 5. The number of anilines is 2. The molecule has 0 bridgehead atoms. The lowest BCUT2D eigenvalue weighted by atomic mass is 10.1. The number of aliphatic hydroxyl groups is 1. The third kappa shape index (κ3) is 5.51. The zero-order valence-electron chi connectivity index (χ0n) is 20.1. The fraction of sp³-hybridized carbons (Fsp3) is 0.321. The minimum Gasteiger partial charge on any atom is -0.489 e. The van der Waals surface area contributed by atoms with Crippen molar-refractivity contribution in [3.63, 3.8) is 0 Å². The zero-order valence-corrected chi connectivity index (χ0v) is 20.1. The molecule has 1 amide bonds. The first-order valence-electron chi connectivity index (χ1n) is 11.7. The van der Waals surface area contributed by atoms with E-state index in [-0.39, 0.29) is 18.6 Å². The molecule has 3 aromatic rings. The molecule has 1 N–H and O–H groups in total. The van der Waals surface area contributed by atoms with Gasteiger partial charge in [-0.1, -0.05) is 42.5 Å². The Morgan fingerprint density at radius 1 is 1.00 bits per heavy atom. The van der Waals surface area contributed by atoms with Crippen molar-refractivity contribution in [3.8, 4) is 16.9 Å². The van der Waals surface area contributed by atoms with Crippen LogP contribution >= 0.6 is 0 Å². The van der Waals surface area contributed by atoms with Crippen molar-refractivity contribution in [2.75, 3.05) is 43.6 Å². The van der Waals surface area contributed by atoms with Crippen LogP contribution in [0.3, 0.4) is 0 Å².